The Morgan fingerprint density at radius 1 is 1.50 bits per heavy atom. The lowest BCUT2D eigenvalue weighted by Gasteiger charge is -2.12. The molecular weight excluding hydrogens is 230 g/mol. The molecule has 1 rings (SSSR count). The van der Waals surface area contributed by atoms with Crippen LogP contribution in [0.1, 0.15) is 49.8 Å². The van der Waals surface area contributed by atoms with Crippen molar-refractivity contribution in [3.8, 4) is 0 Å². The number of rotatable bonds is 7. The fourth-order valence-electron chi connectivity index (χ4n) is 1.97. The topological polar surface area (TPSA) is 51.5 Å². The average Bonchev–Trinajstić information content (AvgIpc) is 2.64. The standard InChI is InChI=1S/C14H23NO3/c1-5-17-14(16)7-6-8-15-11(3)13-9-10(2)18-12(13)4/h9,11,15H,5-8H2,1-4H3. The molecule has 0 fully saturated rings. The van der Waals surface area contributed by atoms with Crippen LogP contribution in [0.25, 0.3) is 0 Å². The number of nitrogens with one attached hydrogen (secondary N) is 1. The van der Waals surface area contributed by atoms with Gasteiger partial charge >= 0.3 is 5.97 Å². The molecule has 102 valence electrons. The van der Waals surface area contributed by atoms with Crippen LogP contribution in [0.3, 0.4) is 0 Å². The molecule has 0 saturated carbocycles. The molecule has 1 heterocycles. The van der Waals surface area contributed by atoms with Crippen molar-refractivity contribution < 1.29 is 13.9 Å². The largest absolute Gasteiger partial charge is 0.466 e. The van der Waals surface area contributed by atoms with E-state index in [2.05, 4.69) is 18.3 Å². The van der Waals surface area contributed by atoms with Crippen molar-refractivity contribution in [3.63, 3.8) is 0 Å². The molecule has 1 unspecified atom stereocenters. The van der Waals surface area contributed by atoms with E-state index in [0.29, 0.717) is 13.0 Å². The first-order valence-electron chi connectivity index (χ1n) is 6.50. The zero-order valence-corrected chi connectivity index (χ0v) is 11.7. The third-order valence-corrected chi connectivity index (χ3v) is 2.86. The van der Waals surface area contributed by atoms with E-state index in [1.807, 2.05) is 20.8 Å². The van der Waals surface area contributed by atoms with Crippen LogP contribution in [0.4, 0.5) is 0 Å². The number of esters is 1. The summed E-state index contributed by atoms with van der Waals surface area (Å²) < 4.78 is 10.4. The van der Waals surface area contributed by atoms with Crippen LogP contribution in [0.15, 0.2) is 10.5 Å². The van der Waals surface area contributed by atoms with Gasteiger partial charge in [-0.25, -0.2) is 0 Å². The quantitative estimate of drug-likeness (QED) is 0.599. The highest BCUT2D eigenvalue weighted by molar-refractivity contribution is 5.69. The maximum Gasteiger partial charge on any atom is 0.305 e. The number of ether oxygens (including phenoxy) is 1. The summed E-state index contributed by atoms with van der Waals surface area (Å²) in [5, 5.41) is 3.38. The van der Waals surface area contributed by atoms with E-state index in [1.165, 1.54) is 5.56 Å². The zero-order valence-electron chi connectivity index (χ0n) is 11.7. The van der Waals surface area contributed by atoms with Crippen molar-refractivity contribution in [2.24, 2.45) is 0 Å². The average molecular weight is 253 g/mol. The van der Waals surface area contributed by atoms with Crippen LogP contribution in [0.5, 0.6) is 0 Å². The normalized spacial score (nSPS) is 12.4. The van der Waals surface area contributed by atoms with Crippen molar-refractivity contribution in [1.82, 2.24) is 5.32 Å². The summed E-state index contributed by atoms with van der Waals surface area (Å²) in [5.41, 5.74) is 1.18. The second-order valence-electron chi connectivity index (χ2n) is 4.45. The molecule has 4 heteroatoms. The Balaban J connectivity index is 2.27. The van der Waals surface area contributed by atoms with Crippen molar-refractivity contribution in [2.75, 3.05) is 13.2 Å². The van der Waals surface area contributed by atoms with E-state index in [0.717, 1.165) is 24.5 Å². The summed E-state index contributed by atoms with van der Waals surface area (Å²) in [5.74, 6) is 1.77. The van der Waals surface area contributed by atoms with Crippen LogP contribution in [0, 0.1) is 13.8 Å². The molecule has 0 amide bonds. The predicted octanol–water partition coefficient (Wildman–Crippen LogP) is 2.89. The molecule has 0 aliphatic rings. The van der Waals surface area contributed by atoms with Gasteiger partial charge in [-0.15, -0.1) is 0 Å². The molecule has 1 atom stereocenters. The number of carbonyl (C=O) groups excluding carboxylic acids is 1. The van der Waals surface area contributed by atoms with Crippen LogP contribution >= 0.6 is 0 Å². The zero-order chi connectivity index (χ0) is 13.5. The Morgan fingerprint density at radius 2 is 2.22 bits per heavy atom. The lowest BCUT2D eigenvalue weighted by Crippen LogP contribution is -2.21. The molecule has 0 aliphatic carbocycles. The fraction of sp³-hybridized carbons (Fsp3) is 0.643. The van der Waals surface area contributed by atoms with Gasteiger partial charge in [-0.2, -0.15) is 0 Å². The molecule has 0 radical (unpaired) electrons. The molecule has 0 saturated heterocycles. The van der Waals surface area contributed by atoms with Crippen LogP contribution in [0.2, 0.25) is 0 Å². The van der Waals surface area contributed by atoms with E-state index in [-0.39, 0.29) is 12.0 Å². The minimum atomic E-state index is -0.123. The monoisotopic (exact) mass is 253 g/mol. The lowest BCUT2D eigenvalue weighted by molar-refractivity contribution is -0.143. The van der Waals surface area contributed by atoms with E-state index >= 15 is 0 Å². The van der Waals surface area contributed by atoms with E-state index in [1.54, 1.807) is 0 Å². The third-order valence-electron chi connectivity index (χ3n) is 2.86. The molecule has 0 spiro atoms. The van der Waals surface area contributed by atoms with Gasteiger partial charge in [-0.3, -0.25) is 4.79 Å². The van der Waals surface area contributed by atoms with Crippen molar-refractivity contribution in [2.45, 2.75) is 46.6 Å². The number of carbonyl (C=O) groups is 1. The first kappa shape index (κ1) is 14.8. The number of furan rings is 1. The van der Waals surface area contributed by atoms with Crippen molar-refractivity contribution in [3.05, 3.63) is 23.2 Å². The Kier molecular flexibility index (Phi) is 5.92. The maximum absolute atomic E-state index is 11.2. The number of hydrogen-bond acceptors (Lipinski definition) is 4. The molecule has 0 aliphatic heterocycles. The van der Waals surface area contributed by atoms with Gasteiger partial charge in [0.05, 0.1) is 6.61 Å². The number of aryl methyl sites for hydroxylation is 2. The molecule has 1 N–H and O–H groups in total. The molecule has 4 nitrogen and oxygen atoms in total. The summed E-state index contributed by atoms with van der Waals surface area (Å²) >= 11 is 0. The first-order valence-corrected chi connectivity index (χ1v) is 6.50. The fourth-order valence-corrected chi connectivity index (χ4v) is 1.97. The third kappa shape index (κ3) is 4.53. The predicted molar refractivity (Wildman–Crippen MR) is 70.5 cm³/mol. The highest BCUT2D eigenvalue weighted by atomic mass is 16.5. The molecule has 0 bridgehead atoms. The second-order valence-corrected chi connectivity index (χ2v) is 4.45. The first-order chi connectivity index (χ1) is 8.54. The molecule has 0 aromatic carbocycles. The molecule has 1 aromatic heterocycles. The summed E-state index contributed by atoms with van der Waals surface area (Å²) in [6, 6.07) is 2.29. The van der Waals surface area contributed by atoms with Crippen molar-refractivity contribution in [1.29, 1.82) is 0 Å². The van der Waals surface area contributed by atoms with Gasteiger partial charge in [0.15, 0.2) is 0 Å². The minimum Gasteiger partial charge on any atom is -0.466 e. The van der Waals surface area contributed by atoms with Gasteiger partial charge in [0.25, 0.3) is 0 Å². The smallest absolute Gasteiger partial charge is 0.305 e. The van der Waals surface area contributed by atoms with E-state index in [9.17, 15) is 4.79 Å². The Bertz CT molecular complexity index is 384. The summed E-state index contributed by atoms with van der Waals surface area (Å²) in [6.07, 6.45) is 1.26. The van der Waals surface area contributed by atoms with Gasteiger partial charge in [0, 0.05) is 18.0 Å². The van der Waals surface area contributed by atoms with E-state index in [4.69, 9.17) is 9.15 Å². The second kappa shape index (κ2) is 7.21. The van der Waals surface area contributed by atoms with Crippen LogP contribution in [-0.4, -0.2) is 19.1 Å². The van der Waals surface area contributed by atoms with Gasteiger partial charge in [-0.05, 0) is 46.7 Å². The van der Waals surface area contributed by atoms with Gasteiger partial charge in [0.2, 0.25) is 0 Å². The Morgan fingerprint density at radius 3 is 2.78 bits per heavy atom. The highest BCUT2D eigenvalue weighted by Crippen LogP contribution is 2.20. The maximum atomic E-state index is 11.2. The molecule has 1 aromatic rings. The van der Waals surface area contributed by atoms with E-state index < -0.39 is 0 Å². The summed E-state index contributed by atoms with van der Waals surface area (Å²) in [6.45, 7) is 9.09. The lowest BCUT2D eigenvalue weighted by atomic mass is 10.1. The van der Waals surface area contributed by atoms with Crippen LogP contribution in [-0.2, 0) is 9.53 Å². The van der Waals surface area contributed by atoms with Gasteiger partial charge in [0.1, 0.15) is 11.5 Å². The van der Waals surface area contributed by atoms with Crippen LogP contribution < -0.4 is 5.32 Å². The summed E-state index contributed by atoms with van der Waals surface area (Å²) in [7, 11) is 0. The minimum absolute atomic E-state index is 0.123. The Labute approximate surface area is 109 Å². The summed E-state index contributed by atoms with van der Waals surface area (Å²) in [4.78, 5) is 11.2. The number of hydrogen-bond donors (Lipinski definition) is 1. The van der Waals surface area contributed by atoms with Crippen molar-refractivity contribution >= 4 is 5.97 Å². The SMILES string of the molecule is CCOC(=O)CCCNC(C)c1cc(C)oc1C. The Hall–Kier alpha value is -1.29. The molecular formula is C14H23NO3. The highest BCUT2D eigenvalue weighted by Gasteiger charge is 2.12. The van der Waals surface area contributed by atoms with Gasteiger partial charge < -0.3 is 14.5 Å². The molecule has 18 heavy (non-hydrogen) atoms. The van der Waals surface area contributed by atoms with Gasteiger partial charge in [-0.1, -0.05) is 0 Å².